The van der Waals surface area contributed by atoms with E-state index in [0.717, 1.165) is 58.4 Å². The minimum Gasteiger partial charge on any atom is -0.340 e. The van der Waals surface area contributed by atoms with Gasteiger partial charge < -0.3 is 15.5 Å². The molecule has 21 heavy (non-hydrogen) atoms. The third-order valence-corrected chi connectivity index (χ3v) is 5.17. The molecule has 122 valence electrons. The molecule has 0 aliphatic carbocycles. The Morgan fingerprint density at radius 3 is 2.57 bits per heavy atom. The topological polar surface area (TPSA) is 44.4 Å². The molecule has 0 aromatic rings. The molecule has 2 aliphatic rings. The Hall–Kier alpha value is -0.610. The second kappa shape index (κ2) is 8.74. The van der Waals surface area contributed by atoms with Crippen molar-refractivity contribution in [2.45, 2.75) is 58.4 Å². The van der Waals surface area contributed by atoms with E-state index in [1.54, 1.807) is 0 Å². The number of nitrogens with zero attached hydrogens (tertiary/aromatic N) is 1. The number of nitrogens with one attached hydrogen (secondary N) is 2. The Morgan fingerprint density at radius 1 is 1.19 bits per heavy atom. The number of hydrogen-bond donors (Lipinski definition) is 2. The van der Waals surface area contributed by atoms with Crippen LogP contribution in [-0.4, -0.2) is 49.6 Å². The van der Waals surface area contributed by atoms with Crippen LogP contribution in [0.3, 0.4) is 0 Å². The molecule has 4 nitrogen and oxygen atoms in total. The van der Waals surface area contributed by atoms with Crippen LogP contribution in [0.1, 0.15) is 52.4 Å². The zero-order valence-electron chi connectivity index (χ0n) is 13.9. The van der Waals surface area contributed by atoms with Crippen LogP contribution in [-0.2, 0) is 4.79 Å². The van der Waals surface area contributed by atoms with Crippen LogP contribution in [0.2, 0.25) is 0 Å². The highest BCUT2D eigenvalue weighted by molar-refractivity contribution is 5.76. The Bertz CT molecular complexity index is 309. The maximum Gasteiger partial charge on any atom is 0.223 e. The Morgan fingerprint density at radius 2 is 1.95 bits per heavy atom. The maximum atomic E-state index is 12.8. The molecule has 2 rings (SSSR count). The molecule has 2 N–H and O–H groups in total. The van der Waals surface area contributed by atoms with Crippen molar-refractivity contribution in [2.24, 2.45) is 11.8 Å². The van der Waals surface area contributed by atoms with E-state index in [1.807, 2.05) is 0 Å². The van der Waals surface area contributed by atoms with Gasteiger partial charge in [-0.2, -0.15) is 0 Å². The number of rotatable bonds is 6. The first kappa shape index (κ1) is 16.8. The van der Waals surface area contributed by atoms with Gasteiger partial charge in [0.2, 0.25) is 5.91 Å². The lowest BCUT2D eigenvalue weighted by molar-refractivity contribution is -0.135. The monoisotopic (exact) mass is 295 g/mol. The van der Waals surface area contributed by atoms with Crippen molar-refractivity contribution in [1.82, 2.24) is 15.5 Å². The molecule has 2 unspecified atom stereocenters. The van der Waals surface area contributed by atoms with Gasteiger partial charge in [0.15, 0.2) is 0 Å². The van der Waals surface area contributed by atoms with Crippen LogP contribution in [0.4, 0.5) is 0 Å². The van der Waals surface area contributed by atoms with E-state index in [-0.39, 0.29) is 0 Å². The molecule has 2 atom stereocenters. The summed E-state index contributed by atoms with van der Waals surface area (Å²) in [5.41, 5.74) is 0. The molecule has 0 bridgehead atoms. The summed E-state index contributed by atoms with van der Waals surface area (Å²) in [4.78, 5) is 15.0. The first-order chi connectivity index (χ1) is 10.2. The van der Waals surface area contributed by atoms with E-state index >= 15 is 0 Å². The quantitative estimate of drug-likeness (QED) is 0.788. The highest BCUT2D eigenvalue weighted by Crippen LogP contribution is 2.24. The summed E-state index contributed by atoms with van der Waals surface area (Å²) in [6, 6.07) is 0.468. The molecule has 0 saturated carbocycles. The molecule has 4 heteroatoms. The van der Waals surface area contributed by atoms with Crippen molar-refractivity contribution in [3.8, 4) is 0 Å². The van der Waals surface area contributed by atoms with Gasteiger partial charge in [-0.05, 0) is 70.1 Å². The third kappa shape index (κ3) is 4.96. The summed E-state index contributed by atoms with van der Waals surface area (Å²) in [5.74, 6) is 1.58. The van der Waals surface area contributed by atoms with E-state index in [2.05, 4.69) is 29.4 Å². The molecule has 0 spiro atoms. The standard InChI is InChI=1S/C17H33N3O/c1-3-11-20(16-6-9-18-10-7-16)17(21)12-14(2)15-5-4-8-19-13-15/h14-16,18-19H,3-13H2,1-2H3. The largest absolute Gasteiger partial charge is 0.340 e. The van der Waals surface area contributed by atoms with Crippen molar-refractivity contribution in [3.63, 3.8) is 0 Å². The Kier molecular flexibility index (Phi) is 6.97. The normalized spacial score (nSPS) is 25.5. The van der Waals surface area contributed by atoms with Gasteiger partial charge in [0.1, 0.15) is 0 Å². The smallest absolute Gasteiger partial charge is 0.223 e. The van der Waals surface area contributed by atoms with Crippen molar-refractivity contribution in [3.05, 3.63) is 0 Å². The SMILES string of the molecule is CCCN(C(=O)CC(C)C1CCCNC1)C1CCNCC1. The molecule has 0 radical (unpaired) electrons. The van der Waals surface area contributed by atoms with Gasteiger partial charge in [-0.25, -0.2) is 0 Å². The fraction of sp³-hybridized carbons (Fsp3) is 0.941. The fourth-order valence-corrected chi connectivity index (χ4v) is 3.79. The van der Waals surface area contributed by atoms with E-state index in [4.69, 9.17) is 0 Å². The van der Waals surface area contributed by atoms with Crippen LogP contribution >= 0.6 is 0 Å². The predicted molar refractivity (Wildman–Crippen MR) is 87.3 cm³/mol. The molecule has 2 fully saturated rings. The lowest BCUT2D eigenvalue weighted by Crippen LogP contribution is -2.47. The molecule has 2 aliphatic heterocycles. The summed E-state index contributed by atoms with van der Waals surface area (Å²) in [6.45, 7) is 9.72. The highest BCUT2D eigenvalue weighted by atomic mass is 16.2. The molecular weight excluding hydrogens is 262 g/mol. The number of piperidine rings is 2. The second-order valence-corrected chi connectivity index (χ2v) is 6.86. The zero-order valence-corrected chi connectivity index (χ0v) is 13.9. The van der Waals surface area contributed by atoms with Gasteiger partial charge in [-0.1, -0.05) is 13.8 Å². The average Bonchev–Trinajstić information content (AvgIpc) is 2.54. The van der Waals surface area contributed by atoms with E-state index in [1.165, 1.54) is 12.8 Å². The second-order valence-electron chi connectivity index (χ2n) is 6.86. The Balaban J connectivity index is 1.87. The van der Waals surface area contributed by atoms with Gasteiger partial charge in [0, 0.05) is 19.0 Å². The van der Waals surface area contributed by atoms with Crippen LogP contribution in [0.15, 0.2) is 0 Å². The average molecular weight is 295 g/mol. The van der Waals surface area contributed by atoms with Crippen LogP contribution in [0.25, 0.3) is 0 Å². The summed E-state index contributed by atoms with van der Waals surface area (Å²) in [5, 5.41) is 6.87. The summed E-state index contributed by atoms with van der Waals surface area (Å²) in [6.07, 6.45) is 6.57. The molecule has 1 amide bonds. The van der Waals surface area contributed by atoms with Crippen molar-refractivity contribution >= 4 is 5.91 Å². The minimum absolute atomic E-state index is 0.391. The molecule has 0 aromatic heterocycles. The summed E-state index contributed by atoms with van der Waals surface area (Å²) < 4.78 is 0. The lowest BCUT2D eigenvalue weighted by atomic mass is 9.85. The van der Waals surface area contributed by atoms with Gasteiger partial charge >= 0.3 is 0 Å². The van der Waals surface area contributed by atoms with Crippen molar-refractivity contribution < 1.29 is 4.79 Å². The number of carbonyl (C=O) groups excluding carboxylic acids is 1. The van der Waals surface area contributed by atoms with E-state index < -0.39 is 0 Å². The first-order valence-electron chi connectivity index (χ1n) is 8.93. The fourth-order valence-electron chi connectivity index (χ4n) is 3.79. The summed E-state index contributed by atoms with van der Waals surface area (Å²) in [7, 11) is 0. The van der Waals surface area contributed by atoms with Crippen LogP contribution in [0.5, 0.6) is 0 Å². The molecule has 0 aromatic carbocycles. The molecule has 2 heterocycles. The van der Waals surface area contributed by atoms with Crippen LogP contribution in [0, 0.1) is 11.8 Å². The van der Waals surface area contributed by atoms with Gasteiger partial charge in [0.05, 0.1) is 0 Å². The van der Waals surface area contributed by atoms with Gasteiger partial charge in [-0.15, -0.1) is 0 Å². The van der Waals surface area contributed by atoms with Crippen molar-refractivity contribution in [1.29, 1.82) is 0 Å². The van der Waals surface area contributed by atoms with Crippen LogP contribution < -0.4 is 10.6 Å². The lowest BCUT2D eigenvalue weighted by Gasteiger charge is -2.36. The first-order valence-corrected chi connectivity index (χ1v) is 8.93. The third-order valence-electron chi connectivity index (χ3n) is 5.17. The van der Waals surface area contributed by atoms with Crippen molar-refractivity contribution in [2.75, 3.05) is 32.7 Å². The highest BCUT2D eigenvalue weighted by Gasteiger charge is 2.28. The van der Waals surface area contributed by atoms with Gasteiger partial charge in [-0.3, -0.25) is 4.79 Å². The number of hydrogen-bond acceptors (Lipinski definition) is 3. The molecule has 2 saturated heterocycles. The zero-order chi connectivity index (χ0) is 15.1. The van der Waals surface area contributed by atoms with E-state index in [9.17, 15) is 4.79 Å². The summed E-state index contributed by atoms with van der Waals surface area (Å²) >= 11 is 0. The van der Waals surface area contributed by atoms with Gasteiger partial charge in [0.25, 0.3) is 0 Å². The minimum atomic E-state index is 0.391. The Labute approximate surface area is 130 Å². The number of amides is 1. The molecular formula is C17H33N3O. The number of carbonyl (C=O) groups is 1. The van der Waals surface area contributed by atoms with E-state index in [0.29, 0.717) is 23.8 Å². The predicted octanol–water partition coefficient (Wildman–Crippen LogP) is 2.00. The maximum absolute atomic E-state index is 12.8.